The highest BCUT2D eigenvalue weighted by atomic mass is 16.6. The number of nitrogens with one attached hydrogen (secondary N) is 1. The predicted octanol–water partition coefficient (Wildman–Crippen LogP) is 3.35. The van der Waals surface area contributed by atoms with Gasteiger partial charge < -0.3 is 9.73 Å². The third-order valence-corrected chi connectivity index (χ3v) is 3.18. The Balaban J connectivity index is 2.08. The molecular formula is C14H16N2O3. The van der Waals surface area contributed by atoms with Crippen molar-refractivity contribution in [3.8, 4) is 0 Å². The first-order valence-corrected chi connectivity index (χ1v) is 6.09. The minimum Gasteiger partial charge on any atom is -0.468 e. The molecule has 1 atom stereocenters. The molecule has 0 aliphatic carbocycles. The number of furan rings is 1. The van der Waals surface area contributed by atoms with Gasteiger partial charge in [0.2, 0.25) is 0 Å². The molecule has 0 saturated carbocycles. The summed E-state index contributed by atoms with van der Waals surface area (Å²) in [4.78, 5) is 10.5. The molecule has 2 rings (SSSR count). The molecule has 1 aromatic carbocycles. The molecule has 1 N–H and O–H groups in total. The number of nitro benzene ring substituents is 1. The molecule has 0 radical (unpaired) electrons. The molecule has 2 aromatic rings. The van der Waals surface area contributed by atoms with E-state index >= 15 is 0 Å². The maximum absolute atomic E-state index is 10.9. The summed E-state index contributed by atoms with van der Waals surface area (Å²) >= 11 is 0. The lowest BCUT2D eigenvalue weighted by atomic mass is 10.1. The normalized spacial score (nSPS) is 12.3. The number of nitro groups is 1. The molecule has 0 aliphatic rings. The molecule has 0 unspecified atom stereocenters. The van der Waals surface area contributed by atoms with Crippen LogP contribution in [0.1, 0.15) is 29.9 Å². The Hall–Kier alpha value is -2.14. The van der Waals surface area contributed by atoms with Crippen LogP contribution >= 0.6 is 0 Å². The molecule has 0 saturated heterocycles. The van der Waals surface area contributed by atoms with E-state index in [0.717, 1.165) is 11.3 Å². The van der Waals surface area contributed by atoms with Crippen molar-refractivity contribution in [1.29, 1.82) is 0 Å². The van der Waals surface area contributed by atoms with Gasteiger partial charge in [-0.2, -0.15) is 0 Å². The van der Waals surface area contributed by atoms with E-state index in [1.54, 1.807) is 19.3 Å². The molecule has 1 heterocycles. The zero-order chi connectivity index (χ0) is 13.8. The van der Waals surface area contributed by atoms with Crippen LogP contribution < -0.4 is 5.32 Å². The number of hydrogen-bond donors (Lipinski definition) is 1. The first-order valence-electron chi connectivity index (χ1n) is 6.09. The number of benzene rings is 1. The van der Waals surface area contributed by atoms with Crippen molar-refractivity contribution in [3.05, 3.63) is 63.6 Å². The summed E-state index contributed by atoms with van der Waals surface area (Å²) < 4.78 is 5.31. The van der Waals surface area contributed by atoms with Crippen LogP contribution in [0.25, 0.3) is 0 Å². The minimum atomic E-state index is -0.352. The van der Waals surface area contributed by atoms with E-state index in [9.17, 15) is 10.1 Å². The second-order valence-corrected chi connectivity index (χ2v) is 4.44. The van der Waals surface area contributed by atoms with Gasteiger partial charge in [0.1, 0.15) is 5.76 Å². The van der Waals surface area contributed by atoms with Gasteiger partial charge in [0, 0.05) is 18.2 Å². The van der Waals surface area contributed by atoms with Crippen LogP contribution in [0.3, 0.4) is 0 Å². The van der Waals surface area contributed by atoms with Crippen LogP contribution in [0, 0.1) is 17.0 Å². The number of nitrogens with zero attached hydrogens (tertiary/aromatic N) is 1. The maximum atomic E-state index is 10.9. The summed E-state index contributed by atoms with van der Waals surface area (Å²) in [7, 11) is 0. The molecule has 100 valence electrons. The van der Waals surface area contributed by atoms with Crippen molar-refractivity contribution in [2.75, 3.05) is 0 Å². The van der Waals surface area contributed by atoms with Crippen LogP contribution in [0.5, 0.6) is 0 Å². The smallest absolute Gasteiger partial charge is 0.272 e. The van der Waals surface area contributed by atoms with E-state index < -0.39 is 0 Å². The van der Waals surface area contributed by atoms with Gasteiger partial charge in [0.05, 0.1) is 17.2 Å². The van der Waals surface area contributed by atoms with E-state index in [1.807, 2.05) is 25.1 Å². The lowest BCUT2D eigenvalue weighted by molar-refractivity contribution is -0.385. The molecule has 5 heteroatoms. The van der Waals surface area contributed by atoms with Gasteiger partial charge in [-0.3, -0.25) is 10.1 Å². The van der Waals surface area contributed by atoms with E-state index in [4.69, 9.17) is 4.42 Å². The third-order valence-electron chi connectivity index (χ3n) is 3.18. The lowest BCUT2D eigenvalue weighted by Gasteiger charge is -2.12. The molecule has 0 aliphatic heterocycles. The zero-order valence-corrected chi connectivity index (χ0v) is 10.9. The molecule has 1 aromatic heterocycles. The molecule has 5 nitrogen and oxygen atoms in total. The Kier molecular flexibility index (Phi) is 3.97. The highest BCUT2D eigenvalue weighted by Gasteiger charge is 2.14. The monoisotopic (exact) mass is 260 g/mol. The Morgan fingerprint density at radius 1 is 1.37 bits per heavy atom. The van der Waals surface area contributed by atoms with Gasteiger partial charge in [0.15, 0.2) is 0 Å². The minimum absolute atomic E-state index is 0.0636. The highest BCUT2D eigenvalue weighted by Crippen LogP contribution is 2.22. The van der Waals surface area contributed by atoms with Crippen molar-refractivity contribution in [3.63, 3.8) is 0 Å². The Morgan fingerprint density at radius 3 is 2.79 bits per heavy atom. The highest BCUT2D eigenvalue weighted by molar-refractivity contribution is 5.44. The Morgan fingerprint density at radius 2 is 2.16 bits per heavy atom. The fourth-order valence-electron chi connectivity index (χ4n) is 1.96. The fourth-order valence-corrected chi connectivity index (χ4v) is 1.96. The molecule has 0 spiro atoms. The summed E-state index contributed by atoms with van der Waals surface area (Å²) in [5, 5.41) is 14.2. The standard InChI is InChI=1S/C14H16N2O3/c1-10-12(5-3-6-13(10)16(17)18)9-15-11(2)14-7-4-8-19-14/h3-8,11,15H,9H2,1-2H3/t11-/m1/s1. The Labute approximate surface area is 111 Å². The summed E-state index contributed by atoms with van der Waals surface area (Å²) in [5.74, 6) is 0.850. The van der Waals surface area contributed by atoms with Crippen molar-refractivity contribution in [2.45, 2.75) is 26.4 Å². The van der Waals surface area contributed by atoms with Crippen molar-refractivity contribution >= 4 is 5.69 Å². The van der Waals surface area contributed by atoms with Gasteiger partial charge in [-0.15, -0.1) is 0 Å². The van der Waals surface area contributed by atoms with Crippen LogP contribution in [-0.2, 0) is 6.54 Å². The van der Waals surface area contributed by atoms with Crippen molar-refractivity contribution in [2.24, 2.45) is 0 Å². The van der Waals surface area contributed by atoms with E-state index in [1.165, 1.54) is 6.07 Å². The zero-order valence-electron chi connectivity index (χ0n) is 10.9. The molecule has 0 amide bonds. The van der Waals surface area contributed by atoms with Gasteiger partial charge >= 0.3 is 0 Å². The van der Waals surface area contributed by atoms with Crippen LogP contribution in [0.4, 0.5) is 5.69 Å². The second kappa shape index (κ2) is 5.67. The van der Waals surface area contributed by atoms with E-state index in [-0.39, 0.29) is 16.7 Å². The SMILES string of the molecule is Cc1c(CN[C@H](C)c2ccco2)cccc1[N+](=O)[O-]. The maximum Gasteiger partial charge on any atom is 0.272 e. The van der Waals surface area contributed by atoms with Crippen LogP contribution in [-0.4, -0.2) is 4.92 Å². The largest absolute Gasteiger partial charge is 0.468 e. The van der Waals surface area contributed by atoms with Gasteiger partial charge in [-0.1, -0.05) is 12.1 Å². The number of hydrogen-bond acceptors (Lipinski definition) is 4. The average Bonchev–Trinajstić information content (AvgIpc) is 2.90. The summed E-state index contributed by atoms with van der Waals surface area (Å²) in [6.45, 7) is 4.33. The quantitative estimate of drug-likeness (QED) is 0.661. The number of rotatable bonds is 5. The topological polar surface area (TPSA) is 68.3 Å². The van der Waals surface area contributed by atoms with Crippen LogP contribution in [0.2, 0.25) is 0 Å². The predicted molar refractivity (Wildman–Crippen MR) is 71.8 cm³/mol. The molecule has 0 fully saturated rings. The summed E-state index contributed by atoms with van der Waals surface area (Å²) in [6.07, 6.45) is 1.63. The van der Waals surface area contributed by atoms with Crippen molar-refractivity contribution in [1.82, 2.24) is 5.32 Å². The van der Waals surface area contributed by atoms with Gasteiger partial charge in [-0.05, 0) is 31.5 Å². The van der Waals surface area contributed by atoms with E-state index in [2.05, 4.69) is 5.32 Å². The lowest BCUT2D eigenvalue weighted by Crippen LogP contribution is -2.18. The fraction of sp³-hybridized carbons (Fsp3) is 0.286. The van der Waals surface area contributed by atoms with Gasteiger partial charge in [0.25, 0.3) is 5.69 Å². The van der Waals surface area contributed by atoms with Crippen LogP contribution in [0.15, 0.2) is 41.0 Å². The molecule has 0 bridgehead atoms. The van der Waals surface area contributed by atoms with Crippen molar-refractivity contribution < 1.29 is 9.34 Å². The average molecular weight is 260 g/mol. The molecular weight excluding hydrogens is 244 g/mol. The van der Waals surface area contributed by atoms with Gasteiger partial charge in [-0.25, -0.2) is 0 Å². The van der Waals surface area contributed by atoms with E-state index in [0.29, 0.717) is 12.1 Å². The first-order chi connectivity index (χ1) is 9.09. The summed E-state index contributed by atoms with van der Waals surface area (Å²) in [6, 6.07) is 8.93. The second-order valence-electron chi connectivity index (χ2n) is 4.44. The molecule has 19 heavy (non-hydrogen) atoms. The third kappa shape index (κ3) is 3.00. The first kappa shape index (κ1) is 13.3. The summed E-state index contributed by atoms with van der Waals surface area (Å²) in [5.41, 5.74) is 1.78. The Bertz CT molecular complexity index is 564.